The average molecular weight is 2020 g/mol. The minimum Gasteiger partial charge on any atom is -0.433 e. The van der Waals surface area contributed by atoms with E-state index in [1.54, 1.807) is 109 Å². The molecule has 41 heteroatoms. The van der Waals surface area contributed by atoms with E-state index >= 15 is 0 Å². The molecule has 21 rings (SSSR count). The lowest BCUT2D eigenvalue weighted by molar-refractivity contribution is -0.0227. The number of fused-ring (bicyclic) bond motifs is 4. The van der Waals surface area contributed by atoms with Gasteiger partial charge in [-0.25, -0.2) is 69.8 Å². The highest BCUT2D eigenvalue weighted by Gasteiger charge is 2.37. The van der Waals surface area contributed by atoms with E-state index in [1.165, 1.54) is 71.1 Å². The van der Waals surface area contributed by atoms with Crippen LogP contribution in [-0.4, -0.2) is 243 Å². The van der Waals surface area contributed by atoms with Gasteiger partial charge >= 0.3 is 0 Å². The number of aryl methyl sites for hydroxylation is 4. The number of hydrogen-bond acceptors (Lipinski definition) is 31. The van der Waals surface area contributed by atoms with Crippen molar-refractivity contribution in [2.45, 2.75) is 199 Å². The molecule has 1 unspecified atom stereocenters. The number of ether oxygens (including phenoxy) is 5. The van der Waals surface area contributed by atoms with Crippen molar-refractivity contribution in [1.82, 2.24) is 112 Å². The van der Waals surface area contributed by atoms with Crippen LogP contribution in [0.2, 0.25) is 0 Å². The van der Waals surface area contributed by atoms with Crippen molar-refractivity contribution in [2.24, 2.45) is 0 Å². The van der Waals surface area contributed by atoms with Crippen LogP contribution in [0.4, 0.5) is 23.3 Å². The smallest absolute Gasteiger partial charge is 0.263 e. The van der Waals surface area contributed by atoms with Gasteiger partial charge < -0.3 is 66.2 Å². The van der Waals surface area contributed by atoms with Crippen LogP contribution in [0.1, 0.15) is 169 Å². The molecule has 6 aliphatic heterocycles. The van der Waals surface area contributed by atoms with Gasteiger partial charge in [-0.1, -0.05) is 18.2 Å². The zero-order chi connectivity index (χ0) is 101. The van der Waals surface area contributed by atoms with Gasteiger partial charge in [-0.05, 0) is 288 Å². The summed E-state index contributed by atoms with van der Waals surface area (Å²) in [5.41, 5.74) is 47.3. The number of nitrogen functional groups attached to an aromatic ring is 4. The van der Waals surface area contributed by atoms with Crippen molar-refractivity contribution in [3.63, 3.8) is 0 Å². The monoisotopic (exact) mass is 2020 g/mol. The fourth-order valence-electron chi connectivity index (χ4n) is 20.3. The summed E-state index contributed by atoms with van der Waals surface area (Å²) in [4.78, 5) is 45.7. The van der Waals surface area contributed by atoms with Gasteiger partial charge in [-0.15, -0.1) is 0 Å². The number of nitrogens with one attached hydrogen (secondary N) is 1. The first-order valence-corrected chi connectivity index (χ1v) is 54.2. The fraction of sp³-hybridized carbons (Fsp3) is 0.437. The lowest BCUT2D eigenvalue weighted by Gasteiger charge is -2.34. The third kappa shape index (κ3) is 23.6. The third-order valence-corrected chi connectivity index (χ3v) is 33.7. The molecule has 5 aromatic carbocycles. The Kier molecular flexibility index (Phi) is 30.7. The molecule has 38 nitrogen and oxygen atoms in total. The van der Waals surface area contributed by atoms with Gasteiger partial charge in [-0.2, -0.15) is 29.0 Å². The highest BCUT2D eigenvalue weighted by atomic mass is 32.2. The zero-order valence-corrected chi connectivity index (χ0v) is 86.0. The number of nitrogens with two attached hydrogens (primary N) is 4. The summed E-state index contributed by atoms with van der Waals surface area (Å²) in [6.45, 7) is 24.4. The number of anilines is 4. The minimum absolute atomic E-state index is 0.0158. The molecule has 8 aliphatic rings. The Labute approximate surface area is 841 Å². The third-order valence-electron chi connectivity index (χ3n) is 28.5. The number of hydrogen-bond donors (Lipinski definition) is 5. The van der Waals surface area contributed by atoms with Crippen LogP contribution in [0.25, 0.3) is 45.0 Å². The van der Waals surface area contributed by atoms with E-state index in [1.807, 2.05) is 39.4 Å². The first-order valence-electron chi connectivity index (χ1n) is 49.5. The van der Waals surface area contributed by atoms with E-state index in [9.17, 15) is 25.3 Å². The van der Waals surface area contributed by atoms with Crippen molar-refractivity contribution in [3.05, 3.63) is 220 Å². The molecular weight excluding hydrogens is 1890 g/mol. The molecule has 2 aliphatic carbocycles. The Morgan fingerprint density at radius 2 is 0.708 bits per heavy atom. The Bertz CT molecular complexity index is 7160. The molecule has 8 aromatic heterocycles. The quantitative estimate of drug-likeness (QED) is 0.0355. The van der Waals surface area contributed by atoms with Gasteiger partial charge in [-0.3, -0.25) is 18.7 Å². The van der Waals surface area contributed by atoms with Crippen LogP contribution in [0.15, 0.2) is 158 Å². The number of nitrogens with zero attached hydrogens (tertiary/aromatic N) is 22. The summed E-state index contributed by atoms with van der Waals surface area (Å²) in [5.74, 6) is 4.19. The van der Waals surface area contributed by atoms with Crippen molar-refractivity contribution in [2.75, 3.05) is 122 Å². The number of rotatable bonds is 25. The lowest BCUT2D eigenvalue weighted by Crippen LogP contribution is -2.39. The predicted molar refractivity (Wildman–Crippen MR) is 552 cm³/mol. The van der Waals surface area contributed by atoms with Crippen LogP contribution in [-0.2, 0) is 86.7 Å². The van der Waals surface area contributed by atoms with Gasteiger partial charge in [0.1, 0.15) is 0 Å². The molecule has 144 heavy (non-hydrogen) atoms. The molecule has 0 spiro atoms. The van der Waals surface area contributed by atoms with E-state index in [2.05, 4.69) is 174 Å². The summed E-state index contributed by atoms with van der Waals surface area (Å²) in [6, 6.07) is 26.5. The van der Waals surface area contributed by atoms with Crippen LogP contribution < -0.4 is 46.6 Å². The molecule has 9 N–H and O–H groups in total. The van der Waals surface area contributed by atoms with Crippen LogP contribution in [0.3, 0.4) is 0 Å². The molecule has 2 saturated heterocycles. The molecule has 0 radical (unpaired) electrons. The van der Waals surface area contributed by atoms with Crippen molar-refractivity contribution in [3.8, 4) is 91.5 Å². The van der Waals surface area contributed by atoms with E-state index in [-0.39, 0.29) is 76.6 Å². The number of sulfonamides is 3. The van der Waals surface area contributed by atoms with Crippen molar-refractivity contribution < 1.29 is 48.9 Å². The molecular formula is C103H129N27O11S3. The first-order chi connectivity index (χ1) is 69.2. The topological polar surface area (TPSA) is 459 Å². The van der Waals surface area contributed by atoms with Crippen molar-refractivity contribution >= 4 is 53.3 Å². The van der Waals surface area contributed by atoms with Gasteiger partial charge in [0.15, 0.2) is 46.3 Å². The summed E-state index contributed by atoms with van der Waals surface area (Å²) in [6.07, 6.45) is 32.3. The summed E-state index contributed by atoms with van der Waals surface area (Å²) in [7, 11) is -1.33. The number of piperidine rings is 1. The van der Waals surface area contributed by atoms with Crippen LogP contribution in [0.5, 0.6) is 46.5 Å². The minimum atomic E-state index is -3.50. The van der Waals surface area contributed by atoms with Gasteiger partial charge in [0.05, 0.1) is 144 Å². The molecule has 760 valence electrons. The number of likely N-dealkylation sites (N-methyl/N-ethyl adjacent to an activating group) is 4. The van der Waals surface area contributed by atoms with Gasteiger partial charge in [0.25, 0.3) is 23.5 Å². The Morgan fingerprint density at radius 3 is 1.05 bits per heavy atom. The second-order valence-corrected chi connectivity index (χ2v) is 45.1. The standard InChI is InChI=1S/C29H33N7O3S.C26H35N7O3S.C24H31N7O3S.C24H30N6O2/c1-20-14-21(15-22-18-34(2)11-10-26(20)22)27-17-31-28(30)29(33-27)39-24-16-32-36(19-24)23-8-12-35(13-9-23)40(37,38)25-6-4-3-5-7-25;1-4-37(34,35)31-20-5-7-21(8-6-20)33-16-22(13-29-33)36-26-25(27)28-14-24(30-26)18-11-17(2)23-9-10-32(3)15-19(23)12-18;1-4-35(32,33)30-8-5-19(14-30)31-15-20(11-27-31)34-24-23(25)26-12-22(28-24)17-9-16(2)21-6-7-29(3)13-18(21)10-17;1-4-31-19-9-18(10-19)30-14-20(11-27-30)32-24-23(25)26-12-22(28-24)16-7-15(2)21-5-6-29(3)13-17(21)8-16/h3-7,14-17,19,23H,8-13,18H2,1-2H3,(H2,30,31);11-14,16,20-21,31H,4-10,15H2,1-3H3,(H2,27,28);9-12,15,19H,4-8,13-14H2,1-3H3,(H2,25,26);7-8,11-12,14,18-19H,4-6,9-10,13H2,1-3H3,(H2,25,26). The maximum absolute atomic E-state index is 13.0. The Morgan fingerprint density at radius 1 is 0.382 bits per heavy atom. The molecule has 0 bridgehead atoms. The van der Waals surface area contributed by atoms with E-state index in [0.717, 1.165) is 151 Å². The number of aromatic nitrogens is 16. The maximum atomic E-state index is 13.0. The lowest BCUT2D eigenvalue weighted by atomic mass is 9.89. The Hall–Kier alpha value is -12.8. The fourth-order valence-corrected chi connectivity index (χ4v) is 23.9. The maximum Gasteiger partial charge on any atom is 0.263 e. The normalized spacial score (nSPS) is 19.2. The van der Waals surface area contributed by atoms with Crippen molar-refractivity contribution in [1.29, 1.82) is 0 Å². The second-order valence-electron chi connectivity index (χ2n) is 38.9. The summed E-state index contributed by atoms with van der Waals surface area (Å²) in [5, 5.41) is 17.8. The van der Waals surface area contributed by atoms with Gasteiger partial charge in [0, 0.05) is 113 Å². The van der Waals surface area contributed by atoms with E-state index in [0.29, 0.717) is 108 Å². The molecule has 2 saturated carbocycles. The second kappa shape index (κ2) is 43.6. The van der Waals surface area contributed by atoms with E-state index in [4.69, 9.17) is 61.6 Å². The zero-order valence-electron chi connectivity index (χ0n) is 83.6. The SMILES string of the molecule is CCOC1CC(n2cc(Oc3nc(-c4cc(C)c5c(c4)CN(C)CC5)cnc3N)cn2)C1.CCS(=O)(=O)N1CCC(n2cc(Oc3nc(-c4cc(C)c5c(c4)CN(C)CC5)cnc3N)cn2)C1.CCS(=O)(=O)NC1CCC(n2cc(Oc3nc(-c4cc(C)c5c(c4)CN(C)CC5)cnc3N)cn2)CC1.Cc1cc(-c2cnc(N)c(Oc3cnn(C4CCN(S(=O)(=O)c5ccccc5)CC4)c3)n2)cc2c1CCN(C)C2. The Balaban J connectivity index is 0.000000127. The summed E-state index contributed by atoms with van der Waals surface area (Å²) >= 11 is 0. The predicted octanol–water partition coefficient (Wildman–Crippen LogP) is 13.8. The molecule has 13 aromatic rings. The number of benzene rings is 5. The van der Waals surface area contributed by atoms with Gasteiger partial charge in [0.2, 0.25) is 30.1 Å². The highest BCUT2D eigenvalue weighted by molar-refractivity contribution is 7.89. The molecule has 1 atom stereocenters. The molecule has 0 amide bonds. The molecule has 14 heterocycles. The van der Waals surface area contributed by atoms with Crippen LogP contribution >= 0.6 is 0 Å². The molecule has 4 fully saturated rings. The largest absolute Gasteiger partial charge is 0.433 e. The van der Waals surface area contributed by atoms with E-state index < -0.39 is 30.1 Å². The first kappa shape index (κ1) is 101. The highest BCUT2D eigenvalue weighted by Crippen LogP contribution is 2.42. The summed E-state index contributed by atoms with van der Waals surface area (Å²) < 4.78 is 117. The average Bonchev–Trinajstić information content (AvgIpc) is 1.57. The van der Waals surface area contributed by atoms with Crippen LogP contribution in [0, 0.1) is 27.7 Å².